The molecule has 4 aromatic rings. The second kappa shape index (κ2) is 8.41. The molecule has 0 fully saturated rings. The van der Waals surface area contributed by atoms with Gasteiger partial charge < -0.3 is 5.32 Å². The van der Waals surface area contributed by atoms with Crippen LogP contribution in [0, 0.1) is 5.82 Å². The van der Waals surface area contributed by atoms with Crippen LogP contribution in [0.2, 0.25) is 5.02 Å². The standard InChI is InChI=1S/C22H19ClFN5/c1-2-21-27-22(15-5-4-12-25-13-15)28-29(21)17-10-8-16(9-11-17)26-14-18-19(23)6-3-7-20(18)24/h3-13,26H,2,14H2,1H3. The second-order valence-electron chi connectivity index (χ2n) is 6.46. The molecule has 5 nitrogen and oxygen atoms in total. The van der Waals surface area contributed by atoms with E-state index in [0.29, 0.717) is 23.0 Å². The lowest BCUT2D eigenvalue weighted by atomic mass is 10.2. The first-order valence-corrected chi connectivity index (χ1v) is 9.67. The molecule has 0 atom stereocenters. The Labute approximate surface area is 173 Å². The Morgan fingerprint density at radius 1 is 1.07 bits per heavy atom. The van der Waals surface area contributed by atoms with Crippen LogP contribution >= 0.6 is 11.6 Å². The van der Waals surface area contributed by atoms with Gasteiger partial charge in [0.2, 0.25) is 0 Å². The predicted molar refractivity (Wildman–Crippen MR) is 113 cm³/mol. The summed E-state index contributed by atoms with van der Waals surface area (Å²) in [4.78, 5) is 8.77. The van der Waals surface area contributed by atoms with Gasteiger partial charge in [0.1, 0.15) is 11.6 Å². The third-order valence-electron chi connectivity index (χ3n) is 4.55. The van der Waals surface area contributed by atoms with Gasteiger partial charge in [0.25, 0.3) is 0 Å². The highest BCUT2D eigenvalue weighted by Crippen LogP contribution is 2.22. The fourth-order valence-corrected chi connectivity index (χ4v) is 3.24. The summed E-state index contributed by atoms with van der Waals surface area (Å²) >= 11 is 6.08. The van der Waals surface area contributed by atoms with Crippen molar-refractivity contribution >= 4 is 17.3 Å². The van der Waals surface area contributed by atoms with Crippen LogP contribution in [0.25, 0.3) is 17.1 Å². The summed E-state index contributed by atoms with van der Waals surface area (Å²) in [5.74, 6) is 1.19. The minimum absolute atomic E-state index is 0.305. The molecular formula is C22H19ClFN5. The summed E-state index contributed by atoms with van der Waals surface area (Å²) in [6.07, 6.45) is 4.22. The molecule has 0 spiro atoms. The van der Waals surface area contributed by atoms with E-state index < -0.39 is 0 Å². The lowest BCUT2D eigenvalue weighted by molar-refractivity contribution is 0.613. The molecule has 4 rings (SSSR count). The number of nitrogens with zero attached hydrogens (tertiary/aromatic N) is 4. The van der Waals surface area contributed by atoms with Crippen LogP contribution < -0.4 is 5.32 Å². The normalized spacial score (nSPS) is 10.9. The number of nitrogens with one attached hydrogen (secondary N) is 1. The third-order valence-corrected chi connectivity index (χ3v) is 4.91. The van der Waals surface area contributed by atoms with Crippen LogP contribution in [0.5, 0.6) is 0 Å². The Morgan fingerprint density at radius 3 is 2.59 bits per heavy atom. The summed E-state index contributed by atoms with van der Waals surface area (Å²) in [5, 5.41) is 8.26. The van der Waals surface area contributed by atoms with E-state index in [2.05, 4.69) is 20.4 Å². The molecule has 0 amide bonds. The Balaban J connectivity index is 1.54. The van der Waals surface area contributed by atoms with Crippen molar-refractivity contribution in [2.75, 3.05) is 5.32 Å². The molecule has 29 heavy (non-hydrogen) atoms. The predicted octanol–water partition coefficient (Wildman–Crippen LogP) is 5.30. The van der Waals surface area contributed by atoms with Gasteiger partial charge in [-0.15, -0.1) is 5.10 Å². The molecule has 0 aliphatic carbocycles. The van der Waals surface area contributed by atoms with Crippen molar-refractivity contribution in [3.05, 3.63) is 89.2 Å². The quantitative estimate of drug-likeness (QED) is 0.471. The second-order valence-corrected chi connectivity index (χ2v) is 6.87. The first-order valence-electron chi connectivity index (χ1n) is 9.29. The lowest BCUT2D eigenvalue weighted by Crippen LogP contribution is -2.04. The van der Waals surface area contributed by atoms with Crippen LogP contribution in [-0.4, -0.2) is 19.7 Å². The van der Waals surface area contributed by atoms with Gasteiger partial charge in [-0.2, -0.15) is 0 Å². The number of halogens is 2. The molecule has 0 radical (unpaired) electrons. The number of pyridine rings is 1. The minimum Gasteiger partial charge on any atom is -0.381 e. The molecule has 0 unspecified atom stereocenters. The first kappa shape index (κ1) is 19.1. The van der Waals surface area contributed by atoms with Crippen molar-refractivity contribution in [1.29, 1.82) is 0 Å². The number of benzene rings is 2. The van der Waals surface area contributed by atoms with Crippen LogP contribution in [0.3, 0.4) is 0 Å². The molecule has 1 N–H and O–H groups in total. The van der Waals surface area contributed by atoms with E-state index in [-0.39, 0.29) is 5.82 Å². The molecule has 0 aliphatic heterocycles. The molecule has 0 saturated heterocycles. The number of anilines is 1. The molecule has 2 aromatic carbocycles. The van der Waals surface area contributed by atoms with Crippen LogP contribution in [0.15, 0.2) is 67.0 Å². The summed E-state index contributed by atoms with van der Waals surface area (Å²) in [7, 11) is 0. The topological polar surface area (TPSA) is 55.6 Å². The zero-order valence-electron chi connectivity index (χ0n) is 15.8. The highest BCUT2D eigenvalue weighted by molar-refractivity contribution is 6.31. The van der Waals surface area contributed by atoms with Gasteiger partial charge in [-0.25, -0.2) is 14.1 Å². The summed E-state index contributed by atoms with van der Waals surface area (Å²) in [6, 6.07) is 16.2. The Kier molecular flexibility index (Phi) is 5.53. The van der Waals surface area contributed by atoms with Crippen molar-refractivity contribution in [2.45, 2.75) is 19.9 Å². The van der Waals surface area contributed by atoms with E-state index in [1.165, 1.54) is 6.07 Å². The monoisotopic (exact) mass is 407 g/mol. The number of hydrogen-bond acceptors (Lipinski definition) is 4. The van der Waals surface area contributed by atoms with Crippen LogP contribution in [0.1, 0.15) is 18.3 Å². The van der Waals surface area contributed by atoms with E-state index in [1.54, 1.807) is 24.5 Å². The average molecular weight is 408 g/mol. The molecule has 2 heterocycles. The number of hydrogen-bond donors (Lipinski definition) is 1. The molecule has 7 heteroatoms. The third kappa shape index (κ3) is 4.12. The molecule has 2 aromatic heterocycles. The molecule has 0 saturated carbocycles. The smallest absolute Gasteiger partial charge is 0.183 e. The van der Waals surface area contributed by atoms with Crippen LogP contribution in [-0.2, 0) is 13.0 Å². The maximum Gasteiger partial charge on any atom is 0.183 e. The average Bonchev–Trinajstić information content (AvgIpc) is 3.19. The molecule has 0 bridgehead atoms. The maximum atomic E-state index is 13.9. The van der Waals surface area contributed by atoms with Crippen molar-refractivity contribution in [3.63, 3.8) is 0 Å². The maximum absolute atomic E-state index is 13.9. The van der Waals surface area contributed by atoms with Gasteiger partial charge in [0.05, 0.1) is 5.69 Å². The van der Waals surface area contributed by atoms with E-state index >= 15 is 0 Å². The van der Waals surface area contributed by atoms with Crippen molar-refractivity contribution in [1.82, 2.24) is 19.7 Å². The Morgan fingerprint density at radius 2 is 1.90 bits per heavy atom. The summed E-state index contributed by atoms with van der Waals surface area (Å²) in [6.45, 7) is 2.35. The lowest BCUT2D eigenvalue weighted by Gasteiger charge is -2.10. The zero-order chi connectivity index (χ0) is 20.2. The fourth-order valence-electron chi connectivity index (χ4n) is 3.01. The van der Waals surface area contributed by atoms with Gasteiger partial charge >= 0.3 is 0 Å². The highest BCUT2D eigenvalue weighted by atomic mass is 35.5. The molecule has 0 aliphatic rings. The first-order chi connectivity index (χ1) is 14.2. The minimum atomic E-state index is -0.320. The van der Waals surface area contributed by atoms with Gasteiger partial charge in [-0.05, 0) is 48.5 Å². The van der Waals surface area contributed by atoms with Crippen molar-refractivity contribution in [3.8, 4) is 17.1 Å². The Bertz CT molecular complexity index is 1090. The van der Waals surface area contributed by atoms with Gasteiger partial charge in [-0.3, -0.25) is 4.98 Å². The van der Waals surface area contributed by atoms with Gasteiger partial charge in [0, 0.05) is 47.2 Å². The van der Waals surface area contributed by atoms with E-state index in [4.69, 9.17) is 11.6 Å². The summed E-state index contributed by atoms with van der Waals surface area (Å²) < 4.78 is 15.8. The van der Waals surface area contributed by atoms with Crippen LogP contribution in [0.4, 0.5) is 10.1 Å². The zero-order valence-corrected chi connectivity index (χ0v) is 16.6. The van der Waals surface area contributed by atoms with Gasteiger partial charge in [-0.1, -0.05) is 24.6 Å². The highest BCUT2D eigenvalue weighted by Gasteiger charge is 2.12. The van der Waals surface area contributed by atoms with Crippen molar-refractivity contribution in [2.24, 2.45) is 0 Å². The van der Waals surface area contributed by atoms with Crippen molar-refractivity contribution < 1.29 is 4.39 Å². The number of rotatable bonds is 6. The van der Waals surface area contributed by atoms with Gasteiger partial charge in [0.15, 0.2) is 5.82 Å². The van der Waals surface area contributed by atoms with E-state index in [1.807, 2.05) is 48.0 Å². The molecular weight excluding hydrogens is 389 g/mol. The number of aromatic nitrogens is 4. The summed E-state index contributed by atoms with van der Waals surface area (Å²) in [5.41, 5.74) is 3.09. The van der Waals surface area contributed by atoms with E-state index in [9.17, 15) is 4.39 Å². The van der Waals surface area contributed by atoms with E-state index in [0.717, 1.165) is 29.2 Å². The number of aryl methyl sites for hydroxylation is 1. The fraction of sp³-hybridized carbons (Fsp3) is 0.136. The largest absolute Gasteiger partial charge is 0.381 e. The Hall–Kier alpha value is -3.25. The SMILES string of the molecule is CCc1nc(-c2cccnc2)nn1-c1ccc(NCc2c(F)cccc2Cl)cc1. The molecule has 146 valence electrons.